The molecule has 3 rings (SSSR count). The molecule has 0 spiro atoms. The topological polar surface area (TPSA) is 50.4 Å². The lowest BCUT2D eigenvalue weighted by Gasteiger charge is -2.36. The number of benzene rings is 1. The van der Waals surface area contributed by atoms with Crippen LogP contribution in [0, 0.1) is 5.92 Å². The number of carbonyl (C=O) groups is 1. The predicted octanol–water partition coefficient (Wildman–Crippen LogP) is 1.96. The quantitative estimate of drug-likeness (QED) is 0.866. The zero-order valence-corrected chi connectivity index (χ0v) is 11.9. The maximum absolute atomic E-state index is 12.5. The number of para-hydroxylation sites is 1. The summed E-state index contributed by atoms with van der Waals surface area (Å²) in [6, 6.07) is 8.22. The van der Waals surface area contributed by atoms with Crippen LogP contribution in [0.15, 0.2) is 24.3 Å². The Balaban J connectivity index is 1.64. The normalized spacial score (nSPS) is 24.4. The summed E-state index contributed by atoms with van der Waals surface area (Å²) in [5.41, 5.74) is 2.29. The minimum atomic E-state index is -0.105. The number of fused-ring (bicyclic) bond motifs is 1. The van der Waals surface area contributed by atoms with Crippen molar-refractivity contribution in [3.8, 4) is 0 Å². The molecule has 108 valence electrons. The summed E-state index contributed by atoms with van der Waals surface area (Å²) in [4.78, 5) is 12.5. The second-order valence-electron chi connectivity index (χ2n) is 6.10. The highest BCUT2D eigenvalue weighted by molar-refractivity contribution is 5.81. The number of nitrogens with one attached hydrogen (secondary N) is 2. The fraction of sp³-hybridized carbons (Fsp3) is 0.562. The molecule has 1 saturated heterocycles. The molecule has 2 aliphatic rings. The Kier molecular flexibility index (Phi) is 3.66. The molecule has 1 fully saturated rings. The van der Waals surface area contributed by atoms with Gasteiger partial charge in [0, 0.05) is 31.0 Å². The van der Waals surface area contributed by atoms with E-state index in [1.165, 1.54) is 5.56 Å². The number of rotatable bonds is 2. The van der Waals surface area contributed by atoms with Gasteiger partial charge in [-0.2, -0.15) is 0 Å². The van der Waals surface area contributed by atoms with Crippen LogP contribution in [0.3, 0.4) is 0 Å². The summed E-state index contributed by atoms with van der Waals surface area (Å²) in [6.45, 7) is 4.32. The van der Waals surface area contributed by atoms with Crippen molar-refractivity contribution in [2.75, 3.05) is 25.1 Å². The van der Waals surface area contributed by atoms with Crippen LogP contribution in [0.1, 0.15) is 25.3 Å². The first-order valence-electron chi connectivity index (χ1n) is 7.38. The van der Waals surface area contributed by atoms with Gasteiger partial charge in [0.2, 0.25) is 5.91 Å². The highest BCUT2D eigenvalue weighted by atomic mass is 16.5. The molecule has 1 unspecified atom stereocenters. The predicted molar refractivity (Wildman–Crippen MR) is 78.7 cm³/mol. The van der Waals surface area contributed by atoms with Gasteiger partial charge in [-0.25, -0.2) is 0 Å². The first kappa shape index (κ1) is 13.4. The van der Waals surface area contributed by atoms with Crippen molar-refractivity contribution in [2.45, 2.75) is 31.7 Å². The van der Waals surface area contributed by atoms with Crippen molar-refractivity contribution >= 4 is 11.6 Å². The largest absolute Gasteiger partial charge is 0.384 e. The molecule has 1 amide bonds. The molecule has 1 aromatic rings. The Morgan fingerprint density at radius 1 is 1.35 bits per heavy atom. The van der Waals surface area contributed by atoms with Crippen LogP contribution < -0.4 is 10.6 Å². The summed E-state index contributed by atoms with van der Waals surface area (Å²) in [6.07, 6.45) is 2.62. The Bertz CT molecular complexity index is 495. The number of ether oxygens (including phenoxy) is 1. The van der Waals surface area contributed by atoms with E-state index in [2.05, 4.69) is 29.7 Å². The molecule has 0 saturated carbocycles. The van der Waals surface area contributed by atoms with Crippen LogP contribution in [-0.2, 0) is 16.0 Å². The van der Waals surface area contributed by atoms with Crippen molar-refractivity contribution in [2.24, 2.45) is 5.92 Å². The molecule has 2 heterocycles. The minimum absolute atomic E-state index is 0.0181. The number of anilines is 1. The third-order valence-corrected chi connectivity index (χ3v) is 4.41. The van der Waals surface area contributed by atoms with Gasteiger partial charge in [-0.1, -0.05) is 18.2 Å². The van der Waals surface area contributed by atoms with Crippen LogP contribution in [-0.4, -0.2) is 31.2 Å². The van der Waals surface area contributed by atoms with E-state index in [4.69, 9.17) is 4.74 Å². The van der Waals surface area contributed by atoms with Crippen molar-refractivity contribution in [1.82, 2.24) is 5.32 Å². The molecule has 0 radical (unpaired) electrons. The van der Waals surface area contributed by atoms with Crippen LogP contribution in [0.4, 0.5) is 5.69 Å². The molecule has 4 nitrogen and oxygen atoms in total. The summed E-state index contributed by atoms with van der Waals surface area (Å²) >= 11 is 0. The molecule has 0 aromatic heterocycles. The summed E-state index contributed by atoms with van der Waals surface area (Å²) in [5, 5.41) is 6.59. The number of carbonyl (C=O) groups excluding carboxylic acids is 1. The SMILES string of the molecule is CC1(NC(=O)C2CNc3ccccc3C2)CCOCC1. The monoisotopic (exact) mass is 274 g/mol. The number of hydrogen-bond donors (Lipinski definition) is 2. The molecular weight excluding hydrogens is 252 g/mol. The average Bonchev–Trinajstić information content (AvgIpc) is 2.47. The Morgan fingerprint density at radius 2 is 2.10 bits per heavy atom. The van der Waals surface area contributed by atoms with Crippen LogP contribution in [0.2, 0.25) is 0 Å². The highest BCUT2D eigenvalue weighted by Gasteiger charge is 2.32. The van der Waals surface area contributed by atoms with Gasteiger partial charge in [-0.05, 0) is 37.8 Å². The second-order valence-corrected chi connectivity index (χ2v) is 6.10. The maximum atomic E-state index is 12.5. The van der Waals surface area contributed by atoms with Crippen LogP contribution in [0.25, 0.3) is 0 Å². The van der Waals surface area contributed by atoms with E-state index in [0.717, 1.165) is 44.7 Å². The van der Waals surface area contributed by atoms with E-state index in [0.29, 0.717) is 0 Å². The van der Waals surface area contributed by atoms with Gasteiger partial charge >= 0.3 is 0 Å². The van der Waals surface area contributed by atoms with Crippen molar-refractivity contribution < 1.29 is 9.53 Å². The van der Waals surface area contributed by atoms with Gasteiger partial charge in [0.1, 0.15) is 0 Å². The third kappa shape index (κ3) is 2.80. The zero-order valence-electron chi connectivity index (χ0n) is 11.9. The van der Waals surface area contributed by atoms with E-state index >= 15 is 0 Å². The fourth-order valence-corrected chi connectivity index (χ4v) is 2.97. The summed E-state index contributed by atoms with van der Waals surface area (Å²) in [5.74, 6) is 0.181. The molecule has 0 aliphatic carbocycles. The molecule has 0 bridgehead atoms. The Morgan fingerprint density at radius 3 is 2.90 bits per heavy atom. The molecule has 2 aliphatic heterocycles. The first-order valence-corrected chi connectivity index (χ1v) is 7.38. The van der Waals surface area contributed by atoms with E-state index in [1.54, 1.807) is 0 Å². The maximum Gasteiger partial charge on any atom is 0.225 e. The van der Waals surface area contributed by atoms with Gasteiger partial charge in [0.15, 0.2) is 0 Å². The lowest BCUT2D eigenvalue weighted by atomic mass is 9.89. The number of hydrogen-bond acceptors (Lipinski definition) is 3. The average molecular weight is 274 g/mol. The molecule has 2 N–H and O–H groups in total. The summed E-state index contributed by atoms with van der Waals surface area (Å²) < 4.78 is 5.37. The third-order valence-electron chi connectivity index (χ3n) is 4.41. The van der Waals surface area contributed by atoms with Crippen LogP contribution >= 0.6 is 0 Å². The van der Waals surface area contributed by atoms with E-state index in [9.17, 15) is 4.79 Å². The van der Waals surface area contributed by atoms with Crippen LogP contribution in [0.5, 0.6) is 0 Å². The fourth-order valence-electron chi connectivity index (χ4n) is 2.97. The van der Waals surface area contributed by atoms with Crippen molar-refractivity contribution in [1.29, 1.82) is 0 Å². The van der Waals surface area contributed by atoms with Gasteiger partial charge in [-0.3, -0.25) is 4.79 Å². The number of amides is 1. The van der Waals surface area contributed by atoms with E-state index < -0.39 is 0 Å². The second kappa shape index (κ2) is 5.44. The van der Waals surface area contributed by atoms with Gasteiger partial charge in [-0.15, -0.1) is 0 Å². The lowest BCUT2D eigenvalue weighted by molar-refractivity contribution is -0.127. The highest BCUT2D eigenvalue weighted by Crippen LogP contribution is 2.26. The van der Waals surface area contributed by atoms with E-state index in [-0.39, 0.29) is 17.4 Å². The van der Waals surface area contributed by atoms with Crippen molar-refractivity contribution in [3.05, 3.63) is 29.8 Å². The Labute approximate surface area is 119 Å². The minimum Gasteiger partial charge on any atom is -0.384 e. The lowest BCUT2D eigenvalue weighted by Crippen LogP contribution is -2.52. The van der Waals surface area contributed by atoms with Gasteiger partial charge in [0.25, 0.3) is 0 Å². The molecule has 20 heavy (non-hydrogen) atoms. The van der Waals surface area contributed by atoms with E-state index in [1.807, 2.05) is 12.1 Å². The summed E-state index contributed by atoms with van der Waals surface area (Å²) in [7, 11) is 0. The Hall–Kier alpha value is -1.55. The van der Waals surface area contributed by atoms with Crippen molar-refractivity contribution in [3.63, 3.8) is 0 Å². The standard InChI is InChI=1S/C16H22N2O2/c1-16(6-8-20-9-7-16)18-15(19)13-10-12-4-2-3-5-14(12)17-11-13/h2-5,13,17H,6-11H2,1H3,(H,18,19). The zero-order chi connectivity index (χ0) is 14.0. The molecule has 4 heteroatoms. The first-order chi connectivity index (χ1) is 9.66. The smallest absolute Gasteiger partial charge is 0.225 e. The molecular formula is C16H22N2O2. The molecule has 1 atom stereocenters. The van der Waals surface area contributed by atoms with Gasteiger partial charge in [0.05, 0.1) is 5.92 Å². The van der Waals surface area contributed by atoms with Gasteiger partial charge < -0.3 is 15.4 Å². The molecule has 1 aromatic carbocycles.